The van der Waals surface area contributed by atoms with Crippen molar-refractivity contribution >= 4 is 15.7 Å². The van der Waals surface area contributed by atoms with Crippen LogP contribution in [0.3, 0.4) is 0 Å². The smallest absolute Gasteiger partial charge is 0.226 e. The summed E-state index contributed by atoms with van der Waals surface area (Å²) < 4.78 is 22.4. The lowest BCUT2D eigenvalue weighted by Gasteiger charge is -2.27. The Hall–Kier alpha value is -0.580. The zero-order valence-corrected chi connectivity index (χ0v) is 10.0. The number of hydrogen-bond acceptors (Lipinski definition) is 3. The van der Waals surface area contributed by atoms with Gasteiger partial charge in [0.2, 0.25) is 5.91 Å². The molecular weight excluding hydrogens is 214 g/mol. The molecule has 0 N–H and O–H groups in total. The molecule has 0 bridgehead atoms. The molecule has 1 atom stereocenters. The number of carbonyl (C=O) groups excluding carboxylic acids is 1. The molecule has 1 unspecified atom stereocenters. The predicted molar refractivity (Wildman–Crippen MR) is 57.1 cm³/mol. The van der Waals surface area contributed by atoms with Crippen molar-refractivity contribution < 1.29 is 13.2 Å². The van der Waals surface area contributed by atoms with Gasteiger partial charge in [0.05, 0.1) is 11.5 Å². The normalized spacial score (nSPS) is 32.4. The molecule has 2 fully saturated rings. The molecule has 0 aromatic carbocycles. The molecule has 0 spiro atoms. The van der Waals surface area contributed by atoms with Crippen molar-refractivity contribution in [2.75, 3.05) is 24.6 Å². The fourth-order valence-corrected chi connectivity index (χ4v) is 3.24. The molecule has 86 valence electrons. The van der Waals surface area contributed by atoms with E-state index in [-0.39, 0.29) is 28.7 Å². The van der Waals surface area contributed by atoms with Crippen LogP contribution in [0.15, 0.2) is 0 Å². The summed E-state index contributed by atoms with van der Waals surface area (Å²) in [6.07, 6.45) is 0.940. The van der Waals surface area contributed by atoms with Crippen LogP contribution in [-0.4, -0.2) is 43.8 Å². The maximum atomic E-state index is 11.9. The van der Waals surface area contributed by atoms with Gasteiger partial charge in [-0.05, 0) is 11.8 Å². The van der Waals surface area contributed by atoms with Crippen LogP contribution >= 0.6 is 0 Å². The molecule has 1 aliphatic heterocycles. The third kappa shape index (κ3) is 2.17. The minimum atomic E-state index is -2.88. The van der Waals surface area contributed by atoms with Crippen molar-refractivity contribution in [1.29, 1.82) is 0 Å². The van der Waals surface area contributed by atoms with Crippen LogP contribution in [0.5, 0.6) is 0 Å². The van der Waals surface area contributed by atoms with E-state index in [4.69, 9.17) is 0 Å². The molecule has 2 rings (SSSR count). The van der Waals surface area contributed by atoms with E-state index < -0.39 is 9.84 Å². The van der Waals surface area contributed by atoms with Crippen molar-refractivity contribution in [3.8, 4) is 0 Å². The molecule has 1 heterocycles. The van der Waals surface area contributed by atoms with E-state index in [2.05, 4.69) is 13.8 Å². The Balaban J connectivity index is 1.95. The highest BCUT2D eigenvalue weighted by Gasteiger charge is 2.52. The Morgan fingerprint density at radius 2 is 1.73 bits per heavy atom. The van der Waals surface area contributed by atoms with Crippen molar-refractivity contribution in [2.24, 2.45) is 11.3 Å². The van der Waals surface area contributed by atoms with E-state index in [1.54, 1.807) is 4.90 Å². The number of amides is 1. The van der Waals surface area contributed by atoms with Crippen LogP contribution < -0.4 is 0 Å². The van der Waals surface area contributed by atoms with Crippen molar-refractivity contribution in [2.45, 2.75) is 20.3 Å². The lowest BCUT2D eigenvalue weighted by Crippen LogP contribution is -2.44. The van der Waals surface area contributed by atoms with Crippen molar-refractivity contribution in [3.63, 3.8) is 0 Å². The molecule has 5 heteroatoms. The molecule has 0 aromatic rings. The lowest BCUT2D eigenvalue weighted by atomic mass is 10.1. The van der Waals surface area contributed by atoms with Crippen LogP contribution in [0.2, 0.25) is 0 Å². The topological polar surface area (TPSA) is 54.5 Å². The molecular formula is C10H17NO3S. The van der Waals surface area contributed by atoms with Gasteiger partial charge in [-0.2, -0.15) is 0 Å². The Labute approximate surface area is 90.6 Å². The second-order valence-electron chi connectivity index (χ2n) is 5.22. The highest BCUT2D eigenvalue weighted by molar-refractivity contribution is 7.91. The van der Waals surface area contributed by atoms with Gasteiger partial charge < -0.3 is 4.90 Å². The first kappa shape index (κ1) is 10.9. The van der Waals surface area contributed by atoms with Gasteiger partial charge in [-0.15, -0.1) is 0 Å². The van der Waals surface area contributed by atoms with E-state index >= 15 is 0 Å². The van der Waals surface area contributed by atoms with E-state index in [1.165, 1.54) is 0 Å². The minimum absolute atomic E-state index is 0.123. The Bertz CT molecular complexity index is 371. The standard InChI is InChI=1S/C10H17NO3S/c1-10(2)7-8(10)9(12)11-3-5-15(13,14)6-4-11/h8H,3-7H2,1-2H3. The van der Waals surface area contributed by atoms with Gasteiger partial charge in [0.25, 0.3) is 0 Å². The largest absolute Gasteiger partial charge is 0.340 e. The first-order chi connectivity index (χ1) is 6.82. The van der Waals surface area contributed by atoms with Crippen LogP contribution in [0, 0.1) is 11.3 Å². The minimum Gasteiger partial charge on any atom is -0.340 e. The summed E-state index contributed by atoms with van der Waals surface area (Å²) in [4.78, 5) is 13.6. The maximum Gasteiger partial charge on any atom is 0.226 e. The molecule has 1 saturated heterocycles. The number of hydrogen-bond donors (Lipinski definition) is 0. The molecule has 1 aliphatic carbocycles. The van der Waals surface area contributed by atoms with Crippen LogP contribution in [0.4, 0.5) is 0 Å². The van der Waals surface area contributed by atoms with Crippen LogP contribution in [0.1, 0.15) is 20.3 Å². The number of carbonyl (C=O) groups is 1. The Morgan fingerprint density at radius 3 is 2.13 bits per heavy atom. The van der Waals surface area contributed by atoms with Crippen molar-refractivity contribution in [3.05, 3.63) is 0 Å². The number of nitrogens with zero attached hydrogens (tertiary/aromatic N) is 1. The van der Waals surface area contributed by atoms with Crippen LogP contribution in [-0.2, 0) is 14.6 Å². The van der Waals surface area contributed by atoms with Gasteiger partial charge in [-0.25, -0.2) is 8.42 Å². The van der Waals surface area contributed by atoms with Gasteiger partial charge in [-0.3, -0.25) is 4.79 Å². The van der Waals surface area contributed by atoms with Gasteiger partial charge in [0.15, 0.2) is 9.84 Å². The fourth-order valence-electron chi connectivity index (χ4n) is 2.04. The molecule has 4 nitrogen and oxygen atoms in total. The Kier molecular flexibility index (Phi) is 2.33. The summed E-state index contributed by atoms with van der Waals surface area (Å²) in [5.74, 6) is 0.533. The van der Waals surface area contributed by atoms with Gasteiger partial charge in [0, 0.05) is 19.0 Å². The summed E-state index contributed by atoms with van der Waals surface area (Å²) in [5, 5.41) is 0. The third-order valence-corrected chi connectivity index (χ3v) is 5.08. The SMILES string of the molecule is CC1(C)CC1C(=O)N1CCS(=O)(=O)CC1. The summed E-state index contributed by atoms with van der Waals surface area (Å²) in [5.41, 5.74) is 0.132. The van der Waals surface area contributed by atoms with E-state index in [0.717, 1.165) is 6.42 Å². The summed E-state index contributed by atoms with van der Waals surface area (Å²) in [6, 6.07) is 0. The molecule has 2 aliphatic rings. The number of sulfone groups is 1. The van der Waals surface area contributed by atoms with Gasteiger partial charge >= 0.3 is 0 Å². The maximum absolute atomic E-state index is 11.9. The first-order valence-electron chi connectivity index (χ1n) is 5.31. The average molecular weight is 231 g/mol. The lowest BCUT2D eigenvalue weighted by molar-refractivity contribution is -0.132. The first-order valence-corrected chi connectivity index (χ1v) is 7.13. The monoisotopic (exact) mass is 231 g/mol. The number of rotatable bonds is 1. The van der Waals surface area contributed by atoms with Gasteiger partial charge in [-0.1, -0.05) is 13.8 Å². The second kappa shape index (κ2) is 3.20. The summed E-state index contributed by atoms with van der Waals surface area (Å²) >= 11 is 0. The van der Waals surface area contributed by atoms with E-state index in [0.29, 0.717) is 13.1 Å². The van der Waals surface area contributed by atoms with E-state index in [9.17, 15) is 13.2 Å². The molecule has 15 heavy (non-hydrogen) atoms. The van der Waals surface area contributed by atoms with E-state index in [1.807, 2.05) is 0 Å². The van der Waals surface area contributed by atoms with Gasteiger partial charge in [0.1, 0.15) is 0 Å². The molecule has 1 saturated carbocycles. The average Bonchev–Trinajstić information content (AvgIpc) is 2.74. The van der Waals surface area contributed by atoms with Crippen molar-refractivity contribution in [1.82, 2.24) is 4.90 Å². The second-order valence-corrected chi connectivity index (χ2v) is 7.53. The highest BCUT2D eigenvalue weighted by Crippen LogP contribution is 2.52. The summed E-state index contributed by atoms with van der Waals surface area (Å²) in [7, 11) is -2.88. The zero-order valence-electron chi connectivity index (χ0n) is 9.19. The molecule has 0 aromatic heterocycles. The Morgan fingerprint density at radius 1 is 1.27 bits per heavy atom. The quantitative estimate of drug-likeness (QED) is 0.652. The zero-order chi connectivity index (χ0) is 11.3. The molecule has 0 radical (unpaired) electrons. The third-order valence-electron chi connectivity index (χ3n) is 3.47. The highest BCUT2D eigenvalue weighted by atomic mass is 32.2. The summed E-state index contributed by atoms with van der Waals surface area (Å²) in [6.45, 7) is 4.92. The van der Waals surface area contributed by atoms with Crippen LogP contribution in [0.25, 0.3) is 0 Å². The molecule has 1 amide bonds. The predicted octanol–water partition coefficient (Wildman–Crippen LogP) is 0.290. The fraction of sp³-hybridized carbons (Fsp3) is 0.900.